The normalized spacial score (nSPS) is 19.0. The molecule has 0 radical (unpaired) electrons. The summed E-state index contributed by atoms with van der Waals surface area (Å²) in [4.78, 5) is 13.5. The van der Waals surface area contributed by atoms with Crippen molar-refractivity contribution < 1.29 is 19.0 Å². The fourth-order valence-electron chi connectivity index (χ4n) is 2.07. The molecule has 0 aromatic heterocycles. The second-order valence-corrected chi connectivity index (χ2v) is 5.64. The SMILES string of the molecule is CC(C)(C)OC(=O)N1CCC(O)c2ccc(F)cc21. The van der Waals surface area contributed by atoms with Crippen molar-refractivity contribution in [1.29, 1.82) is 0 Å². The Kier molecular flexibility index (Phi) is 3.49. The standard InChI is InChI=1S/C14H18FNO3/c1-14(2,3)19-13(18)16-7-6-12(17)10-5-4-9(15)8-11(10)16/h4-5,8,12,17H,6-7H2,1-3H3. The zero-order valence-electron chi connectivity index (χ0n) is 11.3. The third-order valence-electron chi connectivity index (χ3n) is 2.88. The van der Waals surface area contributed by atoms with Crippen molar-refractivity contribution in [2.24, 2.45) is 0 Å². The van der Waals surface area contributed by atoms with Gasteiger partial charge in [0.15, 0.2) is 0 Å². The van der Waals surface area contributed by atoms with Crippen LogP contribution in [0.5, 0.6) is 0 Å². The van der Waals surface area contributed by atoms with Gasteiger partial charge in [-0.25, -0.2) is 9.18 Å². The number of benzene rings is 1. The number of aliphatic hydroxyl groups is 1. The molecule has 4 nitrogen and oxygen atoms in total. The molecule has 1 aromatic carbocycles. The molecule has 104 valence electrons. The highest BCUT2D eigenvalue weighted by molar-refractivity contribution is 5.89. The van der Waals surface area contributed by atoms with E-state index in [1.165, 1.54) is 23.1 Å². The number of anilines is 1. The van der Waals surface area contributed by atoms with E-state index in [-0.39, 0.29) is 0 Å². The van der Waals surface area contributed by atoms with Gasteiger partial charge in [0.25, 0.3) is 0 Å². The number of halogens is 1. The predicted octanol–water partition coefficient (Wildman–Crippen LogP) is 3.00. The Morgan fingerprint density at radius 2 is 2.16 bits per heavy atom. The van der Waals surface area contributed by atoms with Crippen LogP contribution in [0.3, 0.4) is 0 Å². The van der Waals surface area contributed by atoms with Gasteiger partial charge in [0, 0.05) is 12.1 Å². The van der Waals surface area contributed by atoms with E-state index in [9.17, 15) is 14.3 Å². The van der Waals surface area contributed by atoms with Crippen LogP contribution >= 0.6 is 0 Å². The third-order valence-corrected chi connectivity index (χ3v) is 2.88. The number of carbonyl (C=O) groups excluding carboxylic acids is 1. The van der Waals surface area contributed by atoms with Crippen molar-refractivity contribution >= 4 is 11.8 Å². The molecule has 1 unspecified atom stereocenters. The summed E-state index contributed by atoms with van der Waals surface area (Å²) in [5, 5.41) is 9.88. The molecular formula is C14H18FNO3. The molecule has 1 heterocycles. The minimum Gasteiger partial charge on any atom is -0.443 e. The molecule has 1 amide bonds. The van der Waals surface area contributed by atoms with Gasteiger partial charge in [-0.1, -0.05) is 6.07 Å². The highest BCUT2D eigenvalue weighted by atomic mass is 19.1. The molecule has 19 heavy (non-hydrogen) atoms. The van der Waals surface area contributed by atoms with Gasteiger partial charge in [0.05, 0.1) is 11.8 Å². The van der Waals surface area contributed by atoms with Crippen LogP contribution in [0.15, 0.2) is 18.2 Å². The second-order valence-electron chi connectivity index (χ2n) is 5.64. The Hall–Kier alpha value is -1.62. The summed E-state index contributed by atoms with van der Waals surface area (Å²) in [5.41, 5.74) is 0.326. The lowest BCUT2D eigenvalue weighted by atomic mass is 9.99. The Morgan fingerprint density at radius 3 is 2.79 bits per heavy atom. The Bertz CT molecular complexity index is 496. The Labute approximate surface area is 111 Å². The maximum Gasteiger partial charge on any atom is 0.414 e. The quantitative estimate of drug-likeness (QED) is 0.786. The summed E-state index contributed by atoms with van der Waals surface area (Å²) in [6.45, 7) is 5.63. The lowest BCUT2D eigenvalue weighted by Gasteiger charge is -2.33. The average molecular weight is 267 g/mol. The van der Waals surface area contributed by atoms with Gasteiger partial charge in [-0.2, -0.15) is 0 Å². The lowest BCUT2D eigenvalue weighted by molar-refractivity contribution is 0.0565. The molecule has 0 aliphatic carbocycles. The van der Waals surface area contributed by atoms with E-state index in [1.807, 2.05) is 0 Å². The fourth-order valence-corrected chi connectivity index (χ4v) is 2.07. The van der Waals surface area contributed by atoms with Gasteiger partial charge in [0.1, 0.15) is 11.4 Å². The summed E-state index contributed by atoms with van der Waals surface area (Å²) < 4.78 is 18.6. The van der Waals surface area contributed by atoms with Crippen molar-refractivity contribution in [3.8, 4) is 0 Å². The monoisotopic (exact) mass is 267 g/mol. The minimum absolute atomic E-state index is 0.312. The Morgan fingerprint density at radius 1 is 1.47 bits per heavy atom. The van der Waals surface area contributed by atoms with E-state index in [0.29, 0.717) is 24.2 Å². The molecule has 1 N–H and O–H groups in total. The topological polar surface area (TPSA) is 49.8 Å². The number of hydrogen-bond donors (Lipinski definition) is 1. The maximum atomic E-state index is 13.3. The molecule has 1 atom stereocenters. The molecule has 0 fully saturated rings. The first-order chi connectivity index (χ1) is 8.78. The third kappa shape index (κ3) is 3.04. The summed E-state index contributed by atoms with van der Waals surface area (Å²) in [6, 6.07) is 4.04. The van der Waals surface area contributed by atoms with E-state index in [4.69, 9.17) is 4.74 Å². The van der Waals surface area contributed by atoms with Crippen LogP contribution in [-0.2, 0) is 4.74 Å². The van der Waals surface area contributed by atoms with Crippen molar-refractivity contribution in [2.45, 2.75) is 38.9 Å². The summed E-state index contributed by atoms with van der Waals surface area (Å²) >= 11 is 0. The van der Waals surface area contributed by atoms with Crippen LogP contribution in [0.25, 0.3) is 0 Å². The molecule has 1 aliphatic heterocycles. The highest BCUT2D eigenvalue weighted by Crippen LogP contribution is 2.35. The van der Waals surface area contributed by atoms with Crippen LogP contribution < -0.4 is 4.90 Å². The van der Waals surface area contributed by atoms with Crippen molar-refractivity contribution in [3.05, 3.63) is 29.6 Å². The summed E-state index contributed by atoms with van der Waals surface area (Å²) in [5.74, 6) is -0.443. The van der Waals surface area contributed by atoms with E-state index in [0.717, 1.165) is 0 Å². The van der Waals surface area contributed by atoms with E-state index < -0.39 is 23.6 Å². The van der Waals surface area contributed by atoms with E-state index >= 15 is 0 Å². The average Bonchev–Trinajstić information content (AvgIpc) is 2.26. The maximum absolute atomic E-state index is 13.3. The largest absolute Gasteiger partial charge is 0.443 e. The number of aliphatic hydroxyl groups excluding tert-OH is 1. The number of amides is 1. The van der Waals surface area contributed by atoms with Gasteiger partial charge in [-0.3, -0.25) is 4.90 Å². The van der Waals surface area contributed by atoms with Gasteiger partial charge in [0.2, 0.25) is 0 Å². The highest BCUT2D eigenvalue weighted by Gasteiger charge is 2.30. The second kappa shape index (κ2) is 4.81. The molecule has 1 aromatic rings. The first kappa shape index (κ1) is 13.8. The first-order valence-corrected chi connectivity index (χ1v) is 6.26. The summed E-state index contributed by atoms with van der Waals surface area (Å²) in [7, 11) is 0. The van der Waals surface area contributed by atoms with Crippen molar-refractivity contribution in [3.63, 3.8) is 0 Å². The van der Waals surface area contributed by atoms with Crippen LogP contribution in [0.2, 0.25) is 0 Å². The minimum atomic E-state index is -0.672. The van der Waals surface area contributed by atoms with Gasteiger partial charge >= 0.3 is 6.09 Å². The lowest BCUT2D eigenvalue weighted by Crippen LogP contribution is -2.40. The van der Waals surface area contributed by atoms with Gasteiger partial charge in [-0.15, -0.1) is 0 Å². The molecular weight excluding hydrogens is 249 g/mol. The first-order valence-electron chi connectivity index (χ1n) is 6.26. The number of rotatable bonds is 0. The van der Waals surface area contributed by atoms with E-state index in [2.05, 4.69) is 0 Å². The van der Waals surface area contributed by atoms with Crippen LogP contribution in [0.4, 0.5) is 14.9 Å². The van der Waals surface area contributed by atoms with E-state index in [1.54, 1.807) is 20.8 Å². The number of ether oxygens (including phenoxy) is 1. The molecule has 0 bridgehead atoms. The number of carbonyl (C=O) groups is 1. The van der Waals surface area contributed by atoms with Crippen LogP contribution in [0, 0.1) is 5.82 Å². The zero-order valence-corrected chi connectivity index (χ0v) is 11.3. The van der Waals surface area contributed by atoms with Crippen molar-refractivity contribution in [1.82, 2.24) is 0 Å². The smallest absolute Gasteiger partial charge is 0.414 e. The number of hydrogen-bond acceptors (Lipinski definition) is 3. The molecule has 0 spiro atoms. The molecule has 5 heteroatoms. The van der Waals surface area contributed by atoms with Crippen LogP contribution in [0.1, 0.15) is 38.9 Å². The molecule has 0 saturated heterocycles. The predicted molar refractivity (Wildman–Crippen MR) is 69.6 cm³/mol. The number of nitrogens with zero attached hydrogens (tertiary/aromatic N) is 1. The fraction of sp³-hybridized carbons (Fsp3) is 0.500. The van der Waals surface area contributed by atoms with Crippen molar-refractivity contribution in [2.75, 3.05) is 11.4 Å². The molecule has 2 rings (SSSR count). The molecule has 0 saturated carbocycles. The van der Waals surface area contributed by atoms with Gasteiger partial charge in [-0.05, 0) is 39.3 Å². The summed E-state index contributed by atoms with van der Waals surface area (Å²) in [6.07, 6.45) is -0.779. The van der Waals surface area contributed by atoms with Gasteiger partial charge < -0.3 is 9.84 Å². The number of fused-ring (bicyclic) bond motifs is 1. The van der Waals surface area contributed by atoms with Crippen LogP contribution in [-0.4, -0.2) is 23.3 Å². The zero-order chi connectivity index (χ0) is 14.2. The Balaban J connectivity index is 2.32. The molecule has 1 aliphatic rings.